The van der Waals surface area contributed by atoms with Crippen LogP contribution in [-0.2, 0) is 0 Å². The summed E-state index contributed by atoms with van der Waals surface area (Å²) in [5, 5.41) is 23.9. The van der Waals surface area contributed by atoms with Gasteiger partial charge in [-0.1, -0.05) is 243 Å². The van der Waals surface area contributed by atoms with Crippen LogP contribution in [0.1, 0.15) is 20.8 Å². The van der Waals surface area contributed by atoms with Crippen LogP contribution >= 0.6 is 61.3 Å². The van der Waals surface area contributed by atoms with Gasteiger partial charge in [0.2, 0.25) is 0 Å². The molecule has 0 fully saturated rings. The van der Waals surface area contributed by atoms with Crippen molar-refractivity contribution in [3.63, 3.8) is 0 Å². The number of rotatable bonds is 17. The summed E-state index contributed by atoms with van der Waals surface area (Å²) >= 11 is 11.0. The fourth-order valence-corrected chi connectivity index (χ4v) is 20.9. The van der Waals surface area contributed by atoms with E-state index in [4.69, 9.17) is 0 Å². The van der Waals surface area contributed by atoms with Gasteiger partial charge in [0.25, 0.3) is 0 Å². The molecule has 22 aromatic rings. The molecule has 0 saturated heterocycles. The number of anilines is 17. The number of hydrogen-bond acceptors (Lipinski definition) is 11. The third-order valence-electron chi connectivity index (χ3n) is 21.5. The first-order valence-electron chi connectivity index (χ1n) is 41.4. The summed E-state index contributed by atoms with van der Waals surface area (Å²) in [6.45, 7) is 4.90. The zero-order chi connectivity index (χ0) is 83.9. The van der Waals surface area contributed by atoms with Crippen molar-refractivity contribution >= 4 is 239 Å². The van der Waals surface area contributed by atoms with E-state index in [-0.39, 0.29) is 29.6 Å². The summed E-state index contributed by atoms with van der Waals surface area (Å²) in [7, 11) is 0. The van der Waals surface area contributed by atoms with Gasteiger partial charge in [0, 0.05) is 182 Å². The summed E-state index contributed by atoms with van der Waals surface area (Å²) in [6, 6.07) is 160. The van der Waals surface area contributed by atoms with Crippen LogP contribution in [-0.4, -0.2) is 5.60 Å². The summed E-state index contributed by atoms with van der Waals surface area (Å²) in [5.74, 6) is 0. The van der Waals surface area contributed by atoms with Crippen LogP contribution in [0.15, 0.2) is 453 Å². The molecule has 0 amide bonds. The predicted molar refractivity (Wildman–Crippen MR) is 541 cm³/mol. The van der Waals surface area contributed by atoms with Gasteiger partial charge >= 0.3 is 29.6 Å². The normalized spacial score (nSPS) is 11.2. The van der Waals surface area contributed by atoms with Crippen molar-refractivity contribution in [3.8, 4) is 0 Å². The number of para-hydroxylation sites is 10. The number of thiophene rings is 4. The Morgan fingerprint density at radius 1 is 0.200 bits per heavy atom. The smallest absolute Gasteiger partial charge is 0.850 e. The molecule has 0 aliphatic carbocycles. The van der Waals surface area contributed by atoms with Gasteiger partial charge in [-0.15, -0.1) is 50.9 Å². The van der Waals surface area contributed by atoms with E-state index in [0.717, 1.165) is 95.5 Å². The first-order valence-corrected chi connectivity index (χ1v) is 45.5. The van der Waals surface area contributed by atoms with Crippen LogP contribution in [0.4, 0.5) is 96.7 Å². The summed E-state index contributed by atoms with van der Waals surface area (Å²) < 4.78 is 11.4. The Bertz CT molecular complexity index is 7250. The van der Waals surface area contributed by atoms with Gasteiger partial charge in [-0.2, -0.15) is 0 Å². The van der Waals surface area contributed by atoms with Crippen molar-refractivity contribution in [2.24, 2.45) is 0 Å². The quantitative estimate of drug-likeness (QED) is 0.0912. The number of nitrogens with zero attached hydrogens (tertiary/aromatic N) is 5. The van der Waals surface area contributed by atoms with Crippen LogP contribution < -0.4 is 64.5 Å². The average molecular weight is 1760 g/mol. The molecule has 0 bridgehead atoms. The molecule has 0 unspecified atom stereocenters. The van der Waals surface area contributed by atoms with Crippen molar-refractivity contribution < 1.29 is 34.7 Å². The van der Waals surface area contributed by atoms with Gasteiger partial charge in [0.1, 0.15) is 0 Å². The summed E-state index contributed by atoms with van der Waals surface area (Å²) in [6.07, 6.45) is 0. The second-order valence-corrected chi connectivity index (χ2v) is 36.4. The van der Waals surface area contributed by atoms with E-state index in [1.54, 1.807) is 20.8 Å². The monoisotopic (exact) mass is 1760 g/mol. The third kappa shape index (κ3) is 18.5. The van der Waals surface area contributed by atoms with Crippen molar-refractivity contribution in [2.45, 2.75) is 26.4 Å². The van der Waals surface area contributed by atoms with E-state index in [0.29, 0.717) is 0 Å². The maximum atomic E-state index is 10.1. The molecule has 4 heterocycles. The SMILES string of the molecule is Brc1ccc2sc3cc(N(c4ccccc4)c4ccccc4)ccc3c2c1.CC(C)(C)[O-].[Na+].c1ccc(N(c2ccccc2)c2ccc3c(c2)sc2ccc(N(c4ccccc4)c4ccc5c(c4)sc4ccc(N(c6ccccc6)c6ccccc6)cc45)cc23)cc1.c1ccc(Nc2ccc3c(c2)sc2ccc(N(c4ccccc4)c4ccccc4)cc23)cc1. The average Bonchev–Trinajstić information content (AvgIpc) is 1.63. The van der Waals surface area contributed by atoms with Crippen LogP contribution in [0.2, 0.25) is 0 Å². The molecule has 0 aliphatic rings. The number of nitrogens with one attached hydrogen (secondary N) is 1. The van der Waals surface area contributed by atoms with Gasteiger partial charge < -0.3 is 34.9 Å². The van der Waals surface area contributed by atoms with Crippen LogP contribution in [0.5, 0.6) is 0 Å². The minimum Gasteiger partial charge on any atom is -0.850 e. The molecule has 22 rings (SSSR count). The Kier molecular flexibility index (Phi) is 25.0. The predicted octanol–water partition coefficient (Wildman–Crippen LogP) is 31.5. The second-order valence-electron chi connectivity index (χ2n) is 31.1. The Hall–Kier alpha value is -12.9. The van der Waals surface area contributed by atoms with Crippen molar-refractivity contribution in [2.75, 3.05) is 29.8 Å². The molecule has 0 saturated carbocycles. The van der Waals surface area contributed by atoms with Crippen molar-refractivity contribution in [3.05, 3.63) is 453 Å². The molecule has 125 heavy (non-hydrogen) atoms. The standard InChI is InChI=1S/C54H37N3S2.C30H22N2S.C24H16BrNS.C4H9O.Na/c1-6-16-38(17-7-1)55(39-18-8-2-9-19-39)43-28-32-51-49(34-43)48-31-27-46(37-54(48)59-51)57(42-24-14-5-15-25-42)44-29-33-52-50(35-44)47-30-26-45(36-53(47)58-52)56(40-20-10-3-11-21-40)41-22-12-4-13-23-41;1-4-10-22(11-5-1)31-23-16-18-27-28-21-26(17-19-29(28)33-30(27)20-23)32(24-12-6-2-7-13-24)25-14-8-3-9-15-25;25-17-11-14-23-22(15-17)21-13-12-20(16-24(21)27-23)26(18-7-3-1-4-8-18)19-9-5-2-6-10-19;1-4(2,3)5;/h1-37H;1-21,31H;1-16H;1-3H3;/q;;;-1;+1. The Morgan fingerprint density at radius 3 is 0.664 bits per heavy atom. The molecule has 0 atom stereocenters. The molecule has 7 nitrogen and oxygen atoms in total. The van der Waals surface area contributed by atoms with Gasteiger partial charge in [0.15, 0.2) is 0 Å². The van der Waals surface area contributed by atoms with Gasteiger partial charge in [0.05, 0.1) is 0 Å². The minimum absolute atomic E-state index is 0. The number of halogens is 1. The molecule has 0 aliphatic heterocycles. The molecule has 0 radical (unpaired) electrons. The third-order valence-corrected chi connectivity index (χ3v) is 26.5. The van der Waals surface area contributed by atoms with E-state index in [2.05, 4.69) is 476 Å². The molecule has 4 aromatic heterocycles. The maximum Gasteiger partial charge on any atom is 1.00 e. The van der Waals surface area contributed by atoms with Crippen LogP contribution in [0.3, 0.4) is 0 Å². The summed E-state index contributed by atoms with van der Waals surface area (Å²) in [4.78, 5) is 11.7. The largest absolute Gasteiger partial charge is 1.00 e. The molecular weight excluding hydrogens is 1680 g/mol. The second kappa shape index (κ2) is 37.6. The van der Waals surface area contributed by atoms with Gasteiger partial charge in [-0.3, -0.25) is 0 Å². The van der Waals surface area contributed by atoms with E-state index in [1.807, 2.05) is 63.5 Å². The number of hydrogen-bond donors (Lipinski definition) is 1. The van der Waals surface area contributed by atoms with Crippen molar-refractivity contribution in [1.82, 2.24) is 0 Å². The van der Waals surface area contributed by atoms with E-state index in [9.17, 15) is 5.11 Å². The first-order chi connectivity index (χ1) is 60.9. The number of fused-ring (bicyclic) bond motifs is 12. The maximum absolute atomic E-state index is 10.1. The van der Waals surface area contributed by atoms with Gasteiger partial charge in [-0.05, 0) is 243 Å². The zero-order valence-electron chi connectivity index (χ0n) is 69.4. The summed E-state index contributed by atoms with van der Waals surface area (Å²) in [5.41, 5.74) is 18.6. The van der Waals surface area contributed by atoms with Crippen LogP contribution in [0, 0.1) is 0 Å². The molecule has 1 N–H and O–H groups in total. The molecule has 13 heteroatoms. The molecule has 0 spiro atoms. The topological polar surface area (TPSA) is 51.3 Å². The van der Waals surface area contributed by atoms with E-state index >= 15 is 0 Å². The molecule has 600 valence electrons. The number of benzene rings is 18. The Balaban J connectivity index is 0.000000135. The Morgan fingerprint density at radius 2 is 0.400 bits per heavy atom. The van der Waals surface area contributed by atoms with E-state index < -0.39 is 5.60 Å². The van der Waals surface area contributed by atoms with E-state index in [1.165, 1.54) is 86.4 Å². The fourth-order valence-electron chi connectivity index (χ4n) is 16.0. The van der Waals surface area contributed by atoms with Crippen molar-refractivity contribution in [1.29, 1.82) is 0 Å². The molecule has 18 aromatic carbocycles. The molecular formula is C112H84BrN6NaOS4. The van der Waals surface area contributed by atoms with Gasteiger partial charge in [-0.25, -0.2) is 0 Å². The Labute approximate surface area is 775 Å². The van der Waals surface area contributed by atoms with Crippen LogP contribution in [0.25, 0.3) is 80.7 Å². The zero-order valence-corrected chi connectivity index (χ0v) is 76.2. The minimum atomic E-state index is -0.750. The fraction of sp³-hybridized carbons (Fsp3) is 0.0357. The first kappa shape index (κ1) is 83.0.